The lowest BCUT2D eigenvalue weighted by Gasteiger charge is -2.12. The maximum Gasteiger partial charge on any atom is 0.269 e. The lowest BCUT2D eigenvalue weighted by Crippen LogP contribution is -2.23. The molecule has 0 spiro atoms. The van der Waals surface area contributed by atoms with Gasteiger partial charge in [-0.25, -0.2) is 0 Å². The van der Waals surface area contributed by atoms with Crippen LogP contribution in [0.4, 0.5) is 11.4 Å². The maximum absolute atomic E-state index is 11.5. The van der Waals surface area contributed by atoms with Crippen LogP contribution in [0.25, 0.3) is 0 Å². The van der Waals surface area contributed by atoms with Crippen LogP contribution >= 0.6 is 39.7 Å². The van der Waals surface area contributed by atoms with Gasteiger partial charge in [-0.1, -0.05) is 27.5 Å². The first kappa shape index (κ1) is 16.7. The molecule has 0 unspecified atom stereocenters. The number of nitrogens with one attached hydrogen (secondary N) is 2. The van der Waals surface area contributed by atoms with Crippen molar-refractivity contribution in [2.75, 3.05) is 10.6 Å². The van der Waals surface area contributed by atoms with Gasteiger partial charge in [0.15, 0.2) is 5.11 Å². The number of nitrogens with two attached hydrogens (primary N) is 1. The fourth-order valence-corrected chi connectivity index (χ4v) is 2.78. The van der Waals surface area contributed by atoms with Gasteiger partial charge in [0.05, 0.1) is 22.6 Å². The highest BCUT2D eigenvalue weighted by atomic mass is 79.9. The highest BCUT2D eigenvalue weighted by Crippen LogP contribution is 2.26. The Morgan fingerprint density at radius 1 is 1.45 bits per heavy atom. The van der Waals surface area contributed by atoms with E-state index < -0.39 is 5.91 Å². The summed E-state index contributed by atoms with van der Waals surface area (Å²) in [6, 6.07) is 5.36. The summed E-state index contributed by atoms with van der Waals surface area (Å²) < 4.78 is 2.36. The quantitative estimate of drug-likeness (QED) is 0.684. The third kappa shape index (κ3) is 3.76. The molecule has 1 aromatic carbocycles. The minimum absolute atomic E-state index is 0.272. The number of carbonyl (C=O) groups is 1. The number of aryl methyl sites for hydroxylation is 1. The molecule has 1 amide bonds. The minimum Gasteiger partial charge on any atom is -0.364 e. The number of thiocarbonyl (C=S) groups is 1. The molecule has 9 heteroatoms. The summed E-state index contributed by atoms with van der Waals surface area (Å²) in [4.78, 5) is 11.5. The fourth-order valence-electron chi connectivity index (χ4n) is 1.84. The van der Waals surface area contributed by atoms with Crippen LogP contribution in [0, 0.1) is 0 Å². The second kappa shape index (κ2) is 7.08. The van der Waals surface area contributed by atoms with Crippen LogP contribution in [0.3, 0.4) is 0 Å². The molecule has 2 rings (SSSR count). The van der Waals surface area contributed by atoms with Gasteiger partial charge < -0.3 is 16.4 Å². The third-order valence-electron chi connectivity index (χ3n) is 2.80. The van der Waals surface area contributed by atoms with Crippen LogP contribution in [0.1, 0.15) is 17.4 Å². The average molecular weight is 403 g/mol. The molecule has 6 nitrogen and oxygen atoms in total. The Morgan fingerprint density at radius 2 is 2.14 bits per heavy atom. The molecule has 1 aromatic heterocycles. The predicted molar refractivity (Wildman–Crippen MR) is 95.4 cm³/mol. The highest BCUT2D eigenvalue weighted by Gasteiger charge is 2.16. The zero-order valence-corrected chi connectivity index (χ0v) is 14.7. The Balaban J connectivity index is 2.16. The Kier molecular flexibility index (Phi) is 5.38. The van der Waals surface area contributed by atoms with Gasteiger partial charge in [0.25, 0.3) is 5.91 Å². The molecule has 22 heavy (non-hydrogen) atoms. The summed E-state index contributed by atoms with van der Waals surface area (Å²) in [5, 5.41) is 10.7. The van der Waals surface area contributed by atoms with Crippen LogP contribution in [-0.4, -0.2) is 20.8 Å². The van der Waals surface area contributed by atoms with Crippen molar-refractivity contribution in [1.82, 2.24) is 9.78 Å². The van der Waals surface area contributed by atoms with Crippen LogP contribution in [-0.2, 0) is 6.54 Å². The topological polar surface area (TPSA) is 85.0 Å². The molecule has 0 aliphatic rings. The predicted octanol–water partition coefficient (Wildman–Crippen LogP) is 3.23. The molecule has 0 aliphatic heterocycles. The number of hydrogen-bond donors (Lipinski definition) is 3. The first-order valence-corrected chi connectivity index (χ1v) is 7.89. The van der Waals surface area contributed by atoms with E-state index in [1.165, 1.54) is 10.9 Å². The molecule has 1 heterocycles. The van der Waals surface area contributed by atoms with Gasteiger partial charge in [0.1, 0.15) is 5.69 Å². The Morgan fingerprint density at radius 3 is 2.73 bits per heavy atom. The smallest absolute Gasteiger partial charge is 0.269 e. The Hall–Kier alpha value is -1.64. The van der Waals surface area contributed by atoms with Crippen molar-refractivity contribution >= 4 is 62.1 Å². The molecule has 0 aliphatic carbocycles. The number of rotatable bonds is 4. The molecule has 0 radical (unpaired) electrons. The number of nitrogens with zero attached hydrogens (tertiary/aromatic N) is 2. The molecule has 4 N–H and O–H groups in total. The van der Waals surface area contributed by atoms with Crippen molar-refractivity contribution in [2.45, 2.75) is 13.5 Å². The van der Waals surface area contributed by atoms with Gasteiger partial charge in [-0.2, -0.15) is 5.10 Å². The van der Waals surface area contributed by atoms with Crippen LogP contribution in [0.5, 0.6) is 0 Å². The van der Waals surface area contributed by atoms with Crippen LogP contribution in [0.15, 0.2) is 28.9 Å². The molecule has 2 aromatic rings. The van der Waals surface area contributed by atoms with E-state index in [1.807, 2.05) is 13.0 Å². The summed E-state index contributed by atoms with van der Waals surface area (Å²) in [6.07, 6.45) is 1.50. The minimum atomic E-state index is -0.577. The zero-order valence-electron chi connectivity index (χ0n) is 11.6. The van der Waals surface area contributed by atoms with E-state index in [9.17, 15) is 4.79 Å². The largest absolute Gasteiger partial charge is 0.364 e. The number of anilines is 2. The monoisotopic (exact) mass is 401 g/mol. The van der Waals surface area contributed by atoms with Crippen LogP contribution < -0.4 is 16.4 Å². The molecular weight excluding hydrogens is 390 g/mol. The number of amides is 1. The number of benzene rings is 1. The molecular formula is C13H13BrClN5OS. The summed E-state index contributed by atoms with van der Waals surface area (Å²) in [5.74, 6) is -0.577. The normalized spacial score (nSPS) is 10.3. The van der Waals surface area contributed by atoms with Crippen molar-refractivity contribution in [3.63, 3.8) is 0 Å². The lowest BCUT2D eigenvalue weighted by molar-refractivity contribution is 0.0991. The molecule has 0 fully saturated rings. The number of halogens is 2. The van der Waals surface area contributed by atoms with Crippen molar-refractivity contribution < 1.29 is 4.79 Å². The van der Waals surface area contributed by atoms with Crippen molar-refractivity contribution in [1.29, 1.82) is 0 Å². The summed E-state index contributed by atoms with van der Waals surface area (Å²) in [6.45, 7) is 2.39. The number of primary amides is 1. The van der Waals surface area contributed by atoms with Crippen molar-refractivity contribution in [3.8, 4) is 0 Å². The van der Waals surface area contributed by atoms with E-state index in [1.54, 1.807) is 12.1 Å². The van der Waals surface area contributed by atoms with Gasteiger partial charge in [-0.3, -0.25) is 9.48 Å². The lowest BCUT2D eigenvalue weighted by atomic mass is 10.3. The van der Waals surface area contributed by atoms with Gasteiger partial charge in [-0.05, 0) is 37.3 Å². The number of hydrogen-bond acceptors (Lipinski definition) is 3. The number of aromatic nitrogens is 2. The van der Waals surface area contributed by atoms with Gasteiger partial charge in [0, 0.05) is 11.0 Å². The number of carbonyl (C=O) groups excluding carboxylic acids is 1. The summed E-state index contributed by atoms with van der Waals surface area (Å²) in [7, 11) is 0. The van der Waals surface area contributed by atoms with Crippen LogP contribution in [0.2, 0.25) is 5.02 Å². The third-order valence-corrected chi connectivity index (χ3v) is 3.81. The summed E-state index contributed by atoms with van der Waals surface area (Å²) >= 11 is 14.7. The van der Waals surface area contributed by atoms with E-state index in [2.05, 4.69) is 31.7 Å². The molecule has 0 atom stereocenters. The van der Waals surface area contributed by atoms with Crippen molar-refractivity contribution in [2.24, 2.45) is 5.73 Å². The van der Waals surface area contributed by atoms with Gasteiger partial charge >= 0.3 is 0 Å². The molecule has 116 valence electrons. The van der Waals surface area contributed by atoms with E-state index in [0.717, 1.165) is 4.47 Å². The van der Waals surface area contributed by atoms with Gasteiger partial charge in [0.2, 0.25) is 0 Å². The van der Waals surface area contributed by atoms with E-state index in [0.29, 0.717) is 22.9 Å². The molecule has 0 bridgehead atoms. The second-order valence-electron chi connectivity index (χ2n) is 4.29. The van der Waals surface area contributed by atoms with E-state index in [-0.39, 0.29) is 10.8 Å². The first-order valence-electron chi connectivity index (χ1n) is 6.31. The maximum atomic E-state index is 11.5. The van der Waals surface area contributed by atoms with E-state index >= 15 is 0 Å². The summed E-state index contributed by atoms with van der Waals surface area (Å²) in [5.41, 5.74) is 6.74. The molecule has 0 saturated heterocycles. The highest BCUT2D eigenvalue weighted by molar-refractivity contribution is 9.10. The fraction of sp³-hybridized carbons (Fsp3) is 0.154. The Bertz CT molecular complexity index is 733. The van der Waals surface area contributed by atoms with Crippen molar-refractivity contribution in [3.05, 3.63) is 39.6 Å². The van der Waals surface area contributed by atoms with Gasteiger partial charge in [-0.15, -0.1) is 0 Å². The zero-order chi connectivity index (χ0) is 16.3. The standard InChI is InChI=1S/C13H13BrClN5OS/c1-2-20-11(12(16)21)10(6-17-20)19-13(22)18-9-4-3-7(14)5-8(9)15/h3-6H,2H2,1H3,(H2,16,21)(H2,18,19,22). The average Bonchev–Trinajstić information content (AvgIpc) is 2.84. The van der Waals surface area contributed by atoms with E-state index in [4.69, 9.17) is 29.6 Å². The molecule has 0 saturated carbocycles. The first-order chi connectivity index (χ1) is 10.4. The second-order valence-corrected chi connectivity index (χ2v) is 6.02. The Labute approximate surface area is 146 Å². The SMILES string of the molecule is CCn1ncc(NC(=S)Nc2ccc(Br)cc2Cl)c1C(N)=O.